The molecular weight excluding hydrogens is 459 g/mol. The molecule has 0 radical (unpaired) electrons. The highest BCUT2D eigenvalue weighted by molar-refractivity contribution is 7.88. The van der Waals surface area contributed by atoms with Gasteiger partial charge in [0.25, 0.3) is 0 Å². The first-order valence-electron chi connectivity index (χ1n) is 10.00. The Kier molecular flexibility index (Phi) is 7.86. The molecule has 3 rings (SSSR count). The molecule has 0 spiro atoms. The quantitative estimate of drug-likeness (QED) is 0.590. The zero-order valence-corrected chi connectivity index (χ0v) is 19.9. The van der Waals surface area contributed by atoms with Gasteiger partial charge in [-0.25, -0.2) is 12.7 Å². The molecule has 0 bridgehead atoms. The van der Waals surface area contributed by atoms with Crippen molar-refractivity contribution in [1.29, 1.82) is 0 Å². The summed E-state index contributed by atoms with van der Waals surface area (Å²) in [5, 5.41) is 0.639. The zero-order valence-electron chi connectivity index (χ0n) is 17.6. The molecule has 6 nitrogen and oxygen atoms in total. The van der Waals surface area contributed by atoms with E-state index in [4.69, 9.17) is 27.9 Å². The molecule has 168 valence electrons. The number of carbonyl (C=O) groups excluding carboxylic acids is 1. The molecule has 1 amide bonds. The molecular formula is C22H26Cl2N2O4S. The second kappa shape index (κ2) is 10.2. The minimum Gasteiger partial charge on any atom is -0.497 e. The third-order valence-corrected chi connectivity index (χ3v) is 7.95. The third-order valence-electron chi connectivity index (χ3n) is 5.47. The first-order chi connectivity index (χ1) is 14.7. The van der Waals surface area contributed by atoms with Crippen LogP contribution in [0.2, 0.25) is 10.0 Å². The normalized spacial score (nSPS) is 17.4. The summed E-state index contributed by atoms with van der Waals surface area (Å²) in [6.07, 6.45) is 1.28. The maximum atomic E-state index is 13.0. The van der Waals surface area contributed by atoms with Gasteiger partial charge in [0.2, 0.25) is 15.9 Å². The van der Waals surface area contributed by atoms with Crippen LogP contribution in [0.15, 0.2) is 42.5 Å². The Balaban J connectivity index is 1.66. The van der Waals surface area contributed by atoms with Gasteiger partial charge in [-0.05, 0) is 42.7 Å². The van der Waals surface area contributed by atoms with E-state index < -0.39 is 10.0 Å². The molecule has 31 heavy (non-hydrogen) atoms. The van der Waals surface area contributed by atoms with Crippen LogP contribution in [0.1, 0.15) is 24.0 Å². The maximum absolute atomic E-state index is 13.0. The number of hydrogen-bond acceptors (Lipinski definition) is 4. The Morgan fingerprint density at radius 3 is 2.42 bits per heavy atom. The molecule has 1 aliphatic heterocycles. The molecule has 2 aromatic rings. The van der Waals surface area contributed by atoms with Crippen LogP contribution in [-0.2, 0) is 27.1 Å². The van der Waals surface area contributed by atoms with Crippen LogP contribution in [0.4, 0.5) is 0 Å². The van der Waals surface area contributed by atoms with Gasteiger partial charge >= 0.3 is 0 Å². The van der Waals surface area contributed by atoms with Gasteiger partial charge in [0.05, 0.1) is 18.8 Å². The van der Waals surface area contributed by atoms with E-state index in [1.807, 2.05) is 24.3 Å². The fourth-order valence-corrected chi connectivity index (χ4v) is 6.10. The van der Waals surface area contributed by atoms with E-state index in [2.05, 4.69) is 0 Å². The summed E-state index contributed by atoms with van der Waals surface area (Å²) >= 11 is 12.3. The molecule has 1 saturated heterocycles. The number of carbonyl (C=O) groups is 1. The van der Waals surface area contributed by atoms with Crippen molar-refractivity contribution in [2.75, 3.05) is 27.2 Å². The highest BCUT2D eigenvalue weighted by Gasteiger charge is 2.34. The van der Waals surface area contributed by atoms with Gasteiger partial charge in [0.15, 0.2) is 0 Å². The predicted molar refractivity (Wildman–Crippen MR) is 123 cm³/mol. The second-order valence-corrected chi connectivity index (χ2v) is 10.5. The number of sulfonamides is 1. The number of rotatable bonds is 7. The van der Waals surface area contributed by atoms with Gasteiger partial charge in [-0.2, -0.15) is 0 Å². The van der Waals surface area contributed by atoms with Gasteiger partial charge < -0.3 is 9.64 Å². The lowest BCUT2D eigenvalue weighted by molar-refractivity contribution is -0.135. The lowest BCUT2D eigenvalue weighted by atomic mass is 9.98. The SMILES string of the molecule is COc1ccc(CN(C)C(=O)[C@H]2CCCN(S(=O)(=O)Cc3c(Cl)cccc3Cl)C2)cc1. The molecule has 0 aromatic heterocycles. The smallest absolute Gasteiger partial charge is 0.227 e. The van der Waals surface area contributed by atoms with Crippen molar-refractivity contribution in [3.05, 3.63) is 63.6 Å². The highest BCUT2D eigenvalue weighted by atomic mass is 35.5. The van der Waals surface area contributed by atoms with Crippen LogP contribution in [0.3, 0.4) is 0 Å². The van der Waals surface area contributed by atoms with E-state index >= 15 is 0 Å². The average molecular weight is 485 g/mol. The van der Waals surface area contributed by atoms with Crippen molar-refractivity contribution in [1.82, 2.24) is 9.21 Å². The number of ether oxygens (including phenoxy) is 1. The zero-order chi connectivity index (χ0) is 22.6. The lowest BCUT2D eigenvalue weighted by Gasteiger charge is -2.33. The van der Waals surface area contributed by atoms with Crippen molar-refractivity contribution in [3.63, 3.8) is 0 Å². The minimum absolute atomic E-state index is 0.0634. The van der Waals surface area contributed by atoms with Gasteiger partial charge in [-0.15, -0.1) is 0 Å². The van der Waals surface area contributed by atoms with Crippen LogP contribution in [-0.4, -0.2) is 50.8 Å². The monoisotopic (exact) mass is 484 g/mol. The summed E-state index contributed by atoms with van der Waals surface area (Å²) in [6, 6.07) is 12.4. The lowest BCUT2D eigenvalue weighted by Crippen LogP contribution is -2.46. The molecule has 0 aliphatic carbocycles. The minimum atomic E-state index is -3.66. The Labute approximate surface area is 193 Å². The van der Waals surface area contributed by atoms with Crippen molar-refractivity contribution >= 4 is 39.1 Å². The molecule has 1 fully saturated rings. The third kappa shape index (κ3) is 5.92. The molecule has 0 saturated carbocycles. The summed E-state index contributed by atoms with van der Waals surface area (Å²) in [6.45, 7) is 0.994. The molecule has 1 aliphatic rings. The van der Waals surface area contributed by atoms with E-state index in [0.29, 0.717) is 41.5 Å². The first-order valence-corrected chi connectivity index (χ1v) is 12.4. The number of piperidine rings is 1. The number of hydrogen-bond donors (Lipinski definition) is 0. The summed E-state index contributed by atoms with van der Waals surface area (Å²) in [7, 11) is -0.316. The summed E-state index contributed by atoms with van der Waals surface area (Å²) in [5.41, 5.74) is 1.36. The van der Waals surface area contributed by atoms with Crippen LogP contribution >= 0.6 is 23.2 Å². The number of benzene rings is 2. The Hall–Kier alpha value is -1.80. The summed E-state index contributed by atoms with van der Waals surface area (Å²) < 4.78 is 32.6. The molecule has 1 heterocycles. The number of halogens is 2. The van der Waals surface area contributed by atoms with Crippen LogP contribution in [0.25, 0.3) is 0 Å². The molecule has 0 unspecified atom stereocenters. The fraction of sp³-hybridized carbons (Fsp3) is 0.409. The molecule has 1 atom stereocenters. The summed E-state index contributed by atoms with van der Waals surface area (Å²) in [4.78, 5) is 14.6. The van der Waals surface area contributed by atoms with Crippen LogP contribution < -0.4 is 4.74 Å². The van der Waals surface area contributed by atoms with E-state index in [1.54, 1.807) is 37.3 Å². The van der Waals surface area contributed by atoms with Crippen LogP contribution in [0.5, 0.6) is 5.75 Å². The Bertz CT molecular complexity index is 1010. The first kappa shape index (κ1) is 23.9. The van der Waals surface area contributed by atoms with Gasteiger partial charge in [-0.3, -0.25) is 4.79 Å². The maximum Gasteiger partial charge on any atom is 0.227 e. The number of nitrogens with zero attached hydrogens (tertiary/aromatic N) is 2. The largest absolute Gasteiger partial charge is 0.497 e. The van der Waals surface area contributed by atoms with E-state index in [-0.39, 0.29) is 24.1 Å². The van der Waals surface area contributed by atoms with Crippen molar-refractivity contribution in [2.24, 2.45) is 5.92 Å². The topological polar surface area (TPSA) is 66.9 Å². The van der Waals surface area contributed by atoms with E-state index in [0.717, 1.165) is 11.3 Å². The van der Waals surface area contributed by atoms with Crippen molar-refractivity contribution in [3.8, 4) is 5.75 Å². The fourth-order valence-electron chi connectivity index (χ4n) is 3.73. The average Bonchev–Trinajstić information content (AvgIpc) is 2.76. The Morgan fingerprint density at radius 2 is 1.81 bits per heavy atom. The second-order valence-electron chi connectivity index (χ2n) is 7.70. The van der Waals surface area contributed by atoms with E-state index in [1.165, 1.54) is 4.31 Å². The Morgan fingerprint density at radius 1 is 1.16 bits per heavy atom. The predicted octanol–water partition coefficient (Wildman–Crippen LogP) is 4.20. The highest BCUT2D eigenvalue weighted by Crippen LogP contribution is 2.29. The van der Waals surface area contributed by atoms with Crippen molar-refractivity contribution < 1.29 is 17.9 Å². The molecule has 9 heteroatoms. The van der Waals surface area contributed by atoms with Gasteiger partial charge in [0.1, 0.15) is 5.75 Å². The number of methoxy groups -OCH3 is 1. The molecule has 0 N–H and O–H groups in total. The number of amides is 1. The van der Waals surface area contributed by atoms with Gasteiger partial charge in [-0.1, -0.05) is 41.4 Å². The summed E-state index contributed by atoms with van der Waals surface area (Å²) in [5.74, 6) is 0.0261. The van der Waals surface area contributed by atoms with E-state index in [9.17, 15) is 13.2 Å². The van der Waals surface area contributed by atoms with Crippen molar-refractivity contribution in [2.45, 2.75) is 25.1 Å². The van der Waals surface area contributed by atoms with Gasteiger partial charge in [0, 0.05) is 42.3 Å². The van der Waals surface area contributed by atoms with Crippen LogP contribution in [0, 0.1) is 5.92 Å². The molecule has 2 aromatic carbocycles. The standard InChI is InChI=1S/C22H26Cl2N2O4S/c1-25(13-16-8-10-18(30-2)11-9-16)22(27)17-5-4-12-26(14-17)31(28,29)15-19-20(23)6-3-7-21(19)24/h3,6-11,17H,4-5,12-15H2,1-2H3/t17-/m0/s1.